The molecule has 0 amide bonds. The monoisotopic (exact) mass is 413 g/mol. The molecular formula is C25H24N3OP. The van der Waals surface area contributed by atoms with Crippen molar-refractivity contribution in [2.75, 3.05) is 0 Å². The number of aromatic nitrogens is 1. The van der Waals surface area contributed by atoms with Gasteiger partial charge in [-0.3, -0.25) is 14.6 Å². The Morgan fingerprint density at radius 1 is 0.700 bits per heavy atom. The molecule has 30 heavy (non-hydrogen) atoms. The van der Waals surface area contributed by atoms with Crippen molar-refractivity contribution in [3.05, 3.63) is 127 Å². The molecule has 0 aliphatic rings. The van der Waals surface area contributed by atoms with Crippen LogP contribution in [0.4, 0.5) is 0 Å². The molecule has 0 aliphatic heterocycles. The van der Waals surface area contributed by atoms with E-state index in [1.165, 1.54) is 0 Å². The van der Waals surface area contributed by atoms with Crippen molar-refractivity contribution < 1.29 is 4.57 Å². The van der Waals surface area contributed by atoms with Gasteiger partial charge in [0.2, 0.25) is 7.29 Å². The Morgan fingerprint density at radius 3 is 1.70 bits per heavy atom. The van der Waals surface area contributed by atoms with E-state index in [2.05, 4.69) is 10.1 Å². The first-order chi connectivity index (χ1) is 14.7. The Morgan fingerprint density at radius 2 is 1.20 bits per heavy atom. The number of hydrogen-bond acceptors (Lipinski definition) is 3. The van der Waals surface area contributed by atoms with E-state index in [0.29, 0.717) is 0 Å². The summed E-state index contributed by atoms with van der Waals surface area (Å²) in [6, 6.07) is 32.0. The van der Waals surface area contributed by atoms with Crippen LogP contribution in [0.3, 0.4) is 0 Å². The number of benzene rings is 3. The van der Waals surface area contributed by atoms with E-state index in [1.807, 2.05) is 103 Å². The maximum atomic E-state index is 14.6. The quantitative estimate of drug-likeness (QED) is 0.442. The predicted molar refractivity (Wildman–Crippen MR) is 123 cm³/mol. The van der Waals surface area contributed by atoms with Crippen molar-refractivity contribution in [1.82, 2.24) is 10.1 Å². The molecule has 0 saturated carbocycles. The molecule has 0 unspecified atom stereocenters. The Kier molecular flexibility index (Phi) is 6.20. The molecule has 3 N–H and O–H groups in total. The minimum absolute atomic E-state index is 0.373. The predicted octanol–water partition coefficient (Wildman–Crippen LogP) is 4.34. The van der Waals surface area contributed by atoms with Gasteiger partial charge in [-0.25, -0.2) is 0 Å². The second-order valence-electron chi connectivity index (χ2n) is 7.11. The summed E-state index contributed by atoms with van der Waals surface area (Å²) in [6.07, 6.45) is 3.48. The lowest BCUT2D eigenvalue weighted by molar-refractivity contribution is 0.510. The van der Waals surface area contributed by atoms with E-state index in [1.54, 1.807) is 12.4 Å². The van der Waals surface area contributed by atoms with Gasteiger partial charge in [-0.15, -0.1) is 0 Å². The van der Waals surface area contributed by atoms with E-state index in [-0.39, 0.29) is 6.04 Å². The maximum Gasteiger partial charge on any atom is 0.205 e. The fourth-order valence-electron chi connectivity index (χ4n) is 3.56. The Bertz CT molecular complexity index is 1060. The highest BCUT2D eigenvalue weighted by atomic mass is 31.2. The van der Waals surface area contributed by atoms with Crippen molar-refractivity contribution in [2.45, 2.75) is 12.1 Å². The van der Waals surface area contributed by atoms with E-state index in [0.717, 1.165) is 21.7 Å². The van der Waals surface area contributed by atoms with Gasteiger partial charge in [0.15, 0.2) is 0 Å². The summed E-state index contributed by atoms with van der Waals surface area (Å²) >= 11 is 0. The van der Waals surface area contributed by atoms with Gasteiger partial charge in [0.05, 0.1) is 12.1 Å². The van der Waals surface area contributed by atoms with Crippen molar-refractivity contribution in [2.24, 2.45) is 5.73 Å². The molecule has 1 aromatic heterocycles. The molecule has 0 bridgehead atoms. The van der Waals surface area contributed by atoms with E-state index < -0.39 is 13.3 Å². The molecule has 2 atom stereocenters. The van der Waals surface area contributed by atoms with Crippen LogP contribution in [-0.2, 0) is 4.57 Å². The molecule has 0 radical (unpaired) electrons. The third-order valence-electron chi connectivity index (χ3n) is 5.15. The lowest BCUT2D eigenvalue weighted by Crippen LogP contribution is -2.36. The largest absolute Gasteiger partial charge is 0.322 e. The van der Waals surface area contributed by atoms with Crippen LogP contribution < -0.4 is 21.4 Å². The third-order valence-corrected chi connectivity index (χ3v) is 7.84. The number of nitrogens with two attached hydrogens (primary N) is 1. The van der Waals surface area contributed by atoms with Crippen molar-refractivity contribution in [3.8, 4) is 0 Å². The molecule has 4 aromatic rings. The molecule has 0 spiro atoms. The van der Waals surface area contributed by atoms with Gasteiger partial charge in [-0.2, -0.15) is 0 Å². The zero-order valence-corrected chi connectivity index (χ0v) is 17.4. The highest BCUT2D eigenvalue weighted by Gasteiger charge is 2.33. The Balaban J connectivity index is 1.82. The smallest absolute Gasteiger partial charge is 0.205 e. The number of rotatable bonds is 7. The minimum atomic E-state index is -3.17. The topological polar surface area (TPSA) is 68.0 Å². The molecule has 0 saturated heterocycles. The number of hydrogen-bond donors (Lipinski definition) is 2. The normalized spacial score (nSPS) is 13.5. The SMILES string of the molecule is N[C@@H](c1cccnc1)[C@@H](NP(=O)(c1ccccc1)c1ccccc1)c1ccccc1. The van der Waals surface area contributed by atoms with Gasteiger partial charge in [0.1, 0.15) is 0 Å². The first-order valence-corrected chi connectivity index (χ1v) is 11.6. The number of pyridine rings is 1. The molecule has 150 valence electrons. The van der Waals surface area contributed by atoms with Gasteiger partial charge in [0, 0.05) is 23.0 Å². The number of nitrogens with zero attached hydrogens (tertiary/aromatic N) is 1. The summed E-state index contributed by atoms with van der Waals surface area (Å²) in [4.78, 5) is 4.22. The second-order valence-corrected chi connectivity index (χ2v) is 9.62. The van der Waals surface area contributed by atoms with Crippen LogP contribution in [0.15, 0.2) is 116 Å². The van der Waals surface area contributed by atoms with E-state index >= 15 is 0 Å². The van der Waals surface area contributed by atoms with E-state index in [4.69, 9.17) is 5.73 Å². The minimum Gasteiger partial charge on any atom is -0.322 e. The van der Waals surface area contributed by atoms with Crippen molar-refractivity contribution >= 4 is 17.9 Å². The van der Waals surface area contributed by atoms with Gasteiger partial charge >= 0.3 is 0 Å². The second kappa shape index (κ2) is 9.19. The Hall–Kier alpha value is -3.04. The average Bonchev–Trinajstić information content (AvgIpc) is 2.84. The highest BCUT2D eigenvalue weighted by Crippen LogP contribution is 2.44. The molecule has 0 fully saturated rings. The summed E-state index contributed by atoms with van der Waals surface area (Å²) < 4.78 is 14.6. The van der Waals surface area contributed by atoms with Crippen molar-refractivity contribution in [3.63, 3.8) is 0 Å². The first-order valence-electron chi connectivity index (χ1n) is 9.88. The van der Waals surface area contributed by atoms with E-state index in [9.17, 15) is 4.57 Å². The molecule has 0 aliphatic carbocycles. The maximum absolute atomic E-state index is 14.6. The number of nitrogens with one attached hydrogen (secondary N) is 1. The summed E-state index contributed by atoms with van der Waals surface area (Å²) in [6.45, 7) is 0. The van der Waals surface area contributed by atoms with Crippen LogP contribution in [0.25, 0.3) is 0 Å². The lowest BCUT2D eigenvalue weighted by atomic mass is 9.96. The fourth-order valence-corrected chi connectivity index (χ4v) is 6.04. The summed E-state index contributed by atoms with van der Waals surface area (Å²) in [5, 5.41) is 4.97. The van der Waals surface area contributed by atoms with Crippen LogP contribution in [0.2, 0.25) is 0 Å². The van der Waals surface area contributed by atoms with Crippen LogP contribution >= 0.6 is 7.29 Å². The van der Waals surface area contributed by atoms with Gasteiger partial charge < -0.3 is 5.73 Å². The summed E-state index contributed by atoms with van der Waals surface area (Å²) in [5.74, 6) is 0. The van der Waals surface area contributed by atoms with Crippen molar-refractivity contribution in [1.29, 1.82) is 0 Å². The van der Waals surface area contributed by atoms with Crippen LogP contribution in [0.1, 0.15) is 23.2 Å². The van der Waals surface area contributed by atoms with Crippen LogP contribution in [-0.4, -0.2) is 4.98 Å². The van der Waals surface area contributed by atoms with Gasteiger partial charge in [-0.05, 0) is 41.5 Å². The highest BCUT2D eigenvalue weighted by molar-refractivity contribution is 7.76. The summed E-state index contributed by atoms with van der Waals surface area (Å²) in [7, 11) is -3.17. The van der Waals surface area contributed by atoms with Crippen LogP contribution in [0.5, 0.6) is 0 Å². The van der Waals surface area contributed by atoms with Gasteiger partial charge in [-0.1, -0.05) is 72.8 Å². The molecule has 4 nitrogen and oxygen atoms in total. The van der Waals surface area contributed by atoms with Crippen LogP contribution in [0, 0.1) is 0 Å². The standard InChI is InChI=1S/C25H24N3OP/c26-24(21-13-10-18-27-19-21)25(20-11-4-1-5-12-20)28-30(29,22-14-6-2-7-15-22)23-16-8-3-9-17-23/h1-19,24-25H,26H2,(H,28,29)/t24-,25-/m0/s1. The molecule has 3 aromatic carbocycles. The zero-order valence-electron chi connectivity index (χ0n) is 16.5. The fraction of sp³-hybridized carbons (Fsp3) is 0.0800. The molecule has 1 heterocycles. The molecule has 4 rings (SSSR count). The molecule has 5 heteroatoms. The lowest BCUT2D eigenvalue weighted by Gasteiger charge is -2.31. The van der Waals surface area contributed by atoms with Gasteiger partial charge in [0.25, 0.3) is 0 Å². The average molecular weight is 413 g/mol. The Labute approximate surface area is 177 Å². The summed E-state index contributed by atoms with van der Waals surface area (Å²) in [5.41, 5.74) is 8.57. The molecular weight excluding hydrogens is 389 g/mol. The zero-order chi connectivity index (χ0) is 20.8. The first kappa shape index (κ1) is 20.2. The third kappa shape index (κ3) is 4.27.